The van der Waals surface area contributed by atoms with E-state index < -0.39 is 0 Å². The smallest absolute Gasteiger partial charge is 0.221 e. The highest BCUT2D eigenvalue weighted by Crippen LogP contribution is 2.28. The molecule has 146 valence electrons. The number of nitrogens with zero attached hydrogens (tertiary/aromatic N) is 4. The van der Waals surface area contributed by atoms with Gasteiger partial charge in [0.05, 0.1) is 11.6 Å². The fourth-order valence-corrected chi connectivity index (χ4v) is 4.60. The molecule has 1 amide bonds. The summed E-state index contributed by atoms with van der Waals surface area (Å²) in [6.45, 7) is 3.69. The first-order valence-corrected chi connectivity index (χ1v) is 10.6. The summed E-state index contributed by atoms with van der Waals surface area (Å²) in [7, 11) is 0. The van der Waals surface area contributed by atoms with E-state index >= 15 is 0 Å². The van der Waals surface area contributed by atoms with E-state index in [2.05, 4.69) is 32.0 Å². The zero-order valence-corrected chi connectivity index (χ0v) is 16.6. The molecule has 0 aliphatic carbocycles. The lowest BCUT2D eigenvalue weighted by atomic mass is 9.97. The van der Waals surface area contributed by atoms with E-state index in [9.17, 15) is 4.79 Å². The van der Waals surface area contributed by atoms with Crippen LogP contribution < -0.4 is 5.73 Å². The Labute approximate surface area is 169 Å². The molecular formula is C21H25N5OS. The molecule has 28 heavy (non-hydrogen) atoms. The van der Waals surface area contributed by atoms with Crippen LogP contribution in [0.15, 0.2) is 48.1 Å². The molecule has 7 heteroatoms. The molecule has 2 aromatic heterocycles. The molecule has 6 nitrogen and oxygen atoms in total. The largest absolute Gasteiger partial charge is 0.369 e. The standard InChI is InChI=1S/C21H25N5OS/c22-19(27)17-8-4-10-25(14-17)11-5-12-26-13-9-23-20(26)21-24-18(15-28-21)16-6-2-1-3-7-16/h1-3,6-7,9,13,15,17H,4-5,8,10-12,14H2,(H2,22,27). The lowest BCUT2D eigenvalue weighted by Crippen LogP contribution is -2.41. The van der Waals surface area contributed by atoms with E-state index in [-0.39, 0.29) is 11.8 Å². The van der Waals surface area contributed by atoms with Crippen LogP contribution in [-0.2, 0) is 11.3 Å². The van der Waals surface area contributed by atoms with Gasteiger partial charge in [0.2, 0.25) is 5.91 Å². The van der Waals surface area contributed by atoms with Crippen molar-refractivity contribution in [2.24, 2.45) is 11.7 Å². The van der Waals surface area contributed by atoms with Crippen molar-refractivity contribution in [2.75, 3.05) is 19.6 Å². The third-order valence-corrected chi connectivity index (χ3v) is 6.10. The highest BCUT2D eigenvalue weighted by molar-refractivity contribution is 7.13. The average Bonchev–Trinajstić information content (AvgIpc) is 3.38. The summed E-state index contributed by atoms with van der Waals surface area (Å²) in [6, 6.07) is 10.2. The van der Waals surface area contributed by atoms with Gasteiger partial charge in [0.15, 0.2) is 10.8 Å². The van der Waals surface area contributed by atoms with Crippen LogP contribution in [0.4, 0.5) is 0 Å². The second kappa shape index (κ2) is 8.67. The zero-order chi connectivity index (χ0) is 19.3. The number of aromatic nitrogens is 3. The van der Waals surface area contributed by atoms with Crippen LogP contribution >= 0.6 is 11.3 Å². The minimum Gasteiger partial charge on any atom is -0.369 e. The molecular weight excluding hydrogens is 370 g/mol. The monoisotopic (exact) mass is 395 g/mol. The molecule has 1 unspecified atom stereocenters. The Morgan fingerprint density at radius 2 is 2.11 bits per heavy atom. The molecule has 1 atom stereocenters. The number of primary amides is 1. The minimum atomic E-state index is -0.167. The van der Waals surface area contributed by atoms with Crippen LogP contribution in [0.1, 0.15) is 19.3 Å². The zero-order valence-electron chi connectivity index (χ0n) is 15.8. The second-order valence-electron chi connectivity index (χ2n) is 7.24. The van der Waals surface area contributed by atoms with Gasteiger partial charge in [-0.1, -0.05) is 30.3 Å². The summed E-state index contributed by atoms with van der Waals surface area (Å²) in [5.74, 6) is 0.754. The number of carbonyl (C=O) groups excluding carboxylic acids is 1. The summed E-state index contributed by atoms with van der Waals surface area (Å²) < 4.78 is 2.17. The van der Waals surface area contributed by atoms with Gasteiger partial charge < -0.3 is 15.2 Å². The van der Waals surface area contributed by atoms with Crippen LogP contribution in [0.25, 0.3) is 22.1 Å². The van der Waals surface area contributed by atoms with E-state index in [4.69, 9.17) is 10.7 Å². The summed E-state index contributed by atoms with van der Waals surface area (Å²) in [4.78, 5) is 23.1. The number of piperidine rings is 1. The third-order valence-electron chi connectivity index (χ3n) is 5.26. The number of hydrogen-bond acceptors (Lipinski definition) is 5. The van der Waals surface area contributed by atoms with Crippen molar-refractivity contribution < 1.29 is 4.79 Å². The number of hydrogen-bond donors (Lipinski definition) is 1. The number of nitrogens with two attached hydrogens (primary N) is 1. The van der Waals surface area contributed by atoms with Crippen molar-refractivity contribution in [1.82, 2.24) is 19.4 Å². The van der Waals surface area contributed by atoms with Gasteiger partial charge in [0.25, 0.3) is 0 Å². The predicted octanol–water partition coefficient (Wildman–Crippen LogP) is 3.26. The maximum Gasteiger partial charge on any atom is 0.221 e. The average molecular weight is 396 g/mol. The maximum absolute atomic E-state index is 11.4. The third kappa shape index (κ3) is 4.31. The SMILES string of the molecule is NC(=O)C1CCCN(CCCn2ccnc2-c2nc(-c3ccccc3)cs2)C1. The topological polar surface area (TPSA) is 77.0 Å². The summed E-state index contributed by atoms with van der Waals surface area (Å²) in [5, 5.41) is 3.03. The lowest BCUT2D eigenvalue weighted by Gasteiger charge is -2.31. The second-order valence-corrected chi connectivity index (χ2v) is 8.10. The number of carbonyl (C=O) groups is 1. The number of likely N-dealkylation sites (tertiary alicyclic amines) is 1. The molecule has 3 heterocycles. The molecule has 1 saturated heterocycles. The van der Waals surface area contributed by atoms with Gasteiger partial charge in [-0.25, -0.2) is 9.97 Å². The molecule has 4 rings (SSSR count). The Balaban J connectivity index is 1.37. The lowest BCUT2D eigenvalue weighted by molar-refractivity contribution is -0.123. The van der Waals surface area contributed by atoms with Crippen molar-refractivity contribution in [2.45, 2.75) is 25.8 Å². The van der Waals surface area contributed by atoms with Crippen LogP contribution in [0.3, 0.4) is 0 Å². The number of aryl methyl sites for hydroxylation is 1. The van der Waals surface area contributed by atoms with E-state index in [1.165, 1.54) is 0 Å². The Morgan fingerprint density at radius 3 is 2.93 bits per heavy atom. The highest BCUT2D eigenvalue weighted by atomic mass is 32.1. The maximum atomic E-state index is 11.4. The van der Waals surface area contributed by atoms with Gasteiger partial charge in [-0.05, 0) is 32.4 Å². The minimum absolute atomic E-state index is 0.00397. The number of imidazole rings is 1. The Hall–Kier alpha value is -2.51. The van der Waals surface area contributed by atoms with Gasteiger partial charge in [-0.3, -0.25) is 4.79 Å². The molecule has 1 fully saturated rings. The molecule has 0 spiro atoms. The van der Waals surface area contributed by atoms with Crippen LogP contribution in [-0.4, -0.2) is 45.0 Å². The molecule has 1 aromatic carbocycles. The summed E-state index contributed by atoms with van der Waals surface area (Å²) in [5.41, 5.74) is 7.59. The molecule has 1 aliphatic heterocycles. The Bertz CT molecular complexity index is 920. The first-order chi connectivity index (χ1) is 13.7. The van der Waals surface area contributed by atoms with E-state index in [0.29, 0.717) is 0 Å². The van der Waals surface area contributed by atoms with Gasteiger partial charge in [-0.15, -0.1) is 11.3 Å². The highest BCUT2D eigenvalue weighted by Gasteiger charge is 2.23. The molecule has 0 saturated carbocycles. The first kappa shape index (κ1) is 18.8. The Morgan fingerprint density at radius 1 is 1.25 bits per heavy atom. The van der Waals surface area contributed by atoms with Crippen molar-refractivity contribution in [3.63, 3.8) is 0 Å². The van der Waals surface area contributed by atoms with Gasteiger partial charge >= 0.3 is 0 Å². The predicted molar refractivity (Wildman–Crippen MR) is 112 cm³/mol. The van der Waals surface area contributed by atoms with E-state index in [1.54, 1.807) is 11.3 Å². The fraction of sp³-hybridized carbons (Fsp3) is 0.381. The van der Waals surface area contributed by atoms with Crippen molar-refractivity contribution in [1.29, 1.82) is 0 Å². The van der Waals surface area contributed by atoms with Crippen molar-refractivity contribution in [3.8, 4) is 22.1 Å². The van der Waals surface area contributed by atoms with Gasteiger partial charge in [0, 0.05) is 36.4 Å². The van der Waals surface area contributed by atoms with Crippen LogP contribution in [0.2, 0.25) is 0 Å². The molecule has 0 bridgehead atoms. The van der Waals surface area contributed by atoms with Crippen molar-refractivity contribution >= 4 is 17.2 Å². The first-order valence-electron chi connectivity index (χ1n) is 9.75. The molecule has 1 aliphatic rings. The van der Waals surface area contributed by atoms with Crippen molar-refractivity contribution in [3.05, 3.63) is 48.1 Å². The van der Waals surface area contributed by atoms with Crippen LogP contribution in [0, 0.1) is 5.92 Å². The molecule has 3 aromatic rings. The normalized spacial score (nSPS) is 17.6. The fourth-order valence-electron chi connectivity index (χ4n) is 3.76. The number of rotatable bonds is 7. The van der Waals surface area contributed by atoms with Crippen LogP contribution in [0.5, 0.6) is 0 Å². The summed E-state index contributed by atoms with van der Waals surface area (Å²) in [6.07, 6.45) is 6.83. The van der Waals surface area contributed by atoms with Gasteiger partial charge in [-0.2, -0.15) is 0 Å². The quantitative estimate of drug-likeness (QED) is 0.666. The van der Waals surface area contributed by atoms with Gasteiger partial charge in [0.1, 0.15) is 0 Å². The summed E-state index contributed by atoms with van der Waals surface area (Å²) >= 11 is 1.63. The number of thiazole rings is 1. The number of benzene rings is 1. The Kier molecular flexibility index (Phi) is 5.83. The molecule has 0 radical (unpaired) electrons. The molecule has 2 N–H and O–H groups in total. The van der Waals surface area contributed by atoms with E-state index in [1.807, 2.05) is 30.6 Å². The number of amides is 1. The van der Waals surface area contributed by atoms with E-state index in [0.717, 1.165) is 67.5 Å².